The summed E-state index contributed by atoms with van der Waals surface area (Å²) >= 11 is 25.9. The van der Waals surface area contributed by atoms with Gasteiger partial charge >= 0.3 is 7.87 Å². The molecule has 2 N–H and O–H groups in total. The van der Waals surface area contributed by atoms with Crippen molar-refractivity contribution in [2.45, 2.75) is 50.9 Å². The van der Waals surface area contributed by atoms with Gasteiger partial charge in [0.05, 0.1) is 12.1 Å². The summed E-state index contributed by atoms with van der Waals surface area (Å²) in [5, 5.41) is 11.5. The Bertz CT molecular complexity index is 1430. The van der Waals surface area contributed by atoms with Crippen LogP contribution in [0.4, 0.5) is 0 Å². The summed E-state index contributed by atoms with van der Waals surface area (Å²) in [4.78, 5) is 0. The van der Waals surface area contributed by atoms with Gasteiger partial charge in [0.25, 0.3) is 0 Å². The molecule has 236 valence electrons. The number of nitrogens with one attached hydrogen (secondary N) is 2. The maximum Gasteiger partial charge on any atom is 0.306 e. The number of hydrogen-bond donors (Lipinski definition) is 2. The van der Waals surface area contributed by atoms with Crippen LogP contribution < -0.4 is 10.2 Å². The molecule has 0 radical (unpaired) electrons. The second-order valence-electron chi connectivity index (χ2n) is 12.9. The Labute approximate surface area is 288 Å². The fourth-order valence-electron chi connectivity index (χ4n) is 7.90. The highest BCUT2D eigenvalue weighted by Gasteiger charge is 2.78. The highest BCUT2D eigenvalue weighted by atomic mass is 35.5. The van der Waals surface area contributed by atoms with Crippen molar-refractivity contribution in [3.05, 3.63) is 139 Å². The van der Waals surface area contributed by atoms with E-state index in [9.17, 15) is 0 Å². The van der Waals surface area contributed by atoms with Crippen LogP contribution in [0.2, 0.25) is 20.1 Å². The lowest BCUT2D eigenvalue weighted by Crippen LogP contribution is -2.51. The van der Waals surface area contributed by atoms with E-state index in [-0.39, 0.29) is 23.9 Å². The lowest BCUT2D eigenvalue weighted by molar-refractivity contribution is 0.204. The molecule has 0 saturated carbocycles. The van der Waals surface area contributed by atoms with Gasteiger partial charge in [0.1, 0.15) is 11.1 Å². The van der Waals surface area contributed by atoms with E-state index in [1.54, 1.807) is 0 Å². The highest BCUT2D eigenvalue weighted by molar-refractivity contribution is 7.68. The van der Waals surface area contributed by atoms with E-state index in [1.165, 1.54) is 22.3 Å². The summed E-state index contributed by atoms with van der Waals surface area (Å²) in [6, 6.07) is 33.4. The molecule has 45 heavy (non-hydrogen) atoms. The quantitative estimate of drug-likeness (QED) is 0.196. The van der Waals surface area contributed by atoms with Crippen LogP contribution in [-0.4, -0.2) is 35.5 Å². The van der Waals surface area contributed by atoms with E-state index in [1.807, 2.05) is 48.5 Å². The summed E-state index contributed by atoms with van der Waals surface area (Å²) in [6.45, 7) is 9.20. The molecule has 2 aliphatic heterocycles. The fraction of sp³-hybridized carbons (Fsp3) is 0.333. The smallest absolute Gasteiger partial charge is 0.140 e. The first kappa shape index (κ1) is 33.2. The van der Waals surface area contributed by atoms with Crippen molar-refractivity contribution >= 4 is 54.3 Å². The molecule has 0 aromatic heterocycles. The maximum atomic E-state index is 6.48. The molecule has 2 saturated heterocycles. The zero-order chi connectivity index (χ0) is 32.3. The van der Waals surface area contributed by atoms with Crippen LogP contribution in [0.1, 0.15) is 49.9 Å². The Morgan fingerprint density at radius 2 is 0.711 bits per heavy atom. The standard InChI is InChI=1S/C36H40Cl4N4P/c1-23(2)33-35(25-7-15-29(37)16-8-25,26-9-17-30(38)18-10-26)43(5)45(41-33)42-34(24(3)4)36(44(45)6,27-11-19-31(39)20-12-27)28-13-21-32(40)22-14-28/h7-24,33-34,41-42H,1-6H3/q+1/t33-,34-,45?/m0/s1. The van der Waals surface area contributed by atoms with Crippen LogP contribution in [0.3, 0.4) is 0 Å². The lowest BCUT2D eigenvalue weighted by Gasteiger charge is -2.43. The molecule has 0 amide bonds. The number of benzene rings is 4. The molecule has 9 heteroatoms. The molecular formula is C36H40Cl4N4P+. The molecule has 2 atom stereocenters. The average molecular weight is 702 g/mol. The normalized spacial score (nSPS) is 22.6. The van der Waals surface area contributed by atoms with Gasteiger partial charge in [-0.1, -0.05) is 123 Å². The van der Waals surface area contributed by atoms with Crippen LogP contribution in [0.25, 0.3) is 0 Å². The van der Waals surface area contributed by atoms with Crippen molar-refractivity contribution in [2.24, 2.45) is 11.8 Å². The van der Waals surface area contributed by atoms with Crippen molar-refractivity contribution in [1.29, 1.82) is 0 Å². The van der Waals surface area contributed by atoms with Crippen molar-refractivity contribution in [2.75, 3.05) is 14.1 Å². The number of rotatable bonds is 6. The fourth-order valence-corrected chi connectivity index (χ4v) is 12.9. The third kappa shape index (κ3) is 5.08. The molecule has 2 aliphatic rings. The monoisotopic (exact) mass is 699 g/mol. The maximum absolute atomic E-state index is 6.48. The SMILES string of the molecule is CC(C)[C@@H]1N[P+]2(N[C@@H](C(C)C)C(c3ccc(Cl)cc3)(c3ccc(Cl)cc3)N2C)N(C)C1(c1ccc(Cl)cc1)c1ccc(Cl)cc1. The molecule has 4 aromatic rings. The Balaban J connectivity index is 1.66. The summed E-state index contributed by atoms with van der Waals surface area (Å²) in [7, 11) is 2.02. The molecule has 0 unspecified atom stereocenters. The van der Waals surface area contributed by atoms with Gasteiger partial charge < -0.3 is 0 Å². The molecular weight excluding hydrogens is 661 g/mol. The Kier molecular flexibility index (Phi) is 9.15. The van der Waals surface area contributed by atoms with Crippen molar-refractivity contribution < 1.29 is 0 Å². The molecule has 4 nitrogen and oxygen atoms in total. The predicted octanol–water partition coefficient (Wildman–Crippen LogP) is 10.3. The molecule has 2 fully saturated rings. The van der Waals surface area contributed by atoms with E-state index in [4.69, 9.17) is 46.4 Å². The van der Waals surface area contributed by atoms with E-state index in [2.05, 4.69) is 110 Å². The van der Waals surface area contributed by atoms with Crippen LogP contribution >= 0.6 is 54.3 Å². The first-order chi connectivity index (χ1) is 21.4. The summed E-state index contributed by atoms with van der Waals surface area (Å²) in [5.74, 6) is 0.541. The average Bonchev–Trinajstić information content (AvgIpc) is 3.44. The predicted molar refractivity (Wildman–Crippen MR) is 193 cm³/mol. The zero-order valence-electron chi connectivity index (χ0n) is 26.4. The van der Waals surface area contributed by atoms with E-state index < -0.39 is 18.9 Å². The molecule has 0 bridgehead atoms. The second kappa shape index (κ2) is 12.4. The minimum absolute atomic E-state index is 0.0344. The highest BCUT2D eigenvalue weighted by Crippen LogP contribution is 2.76. The number of likely N-dealkylation sites (N-methyl/N-ethyl adjacent to an activating group) is 2. The lowest BCUT2D eigenvalue weighted by atomic mass is 9.73. The summed E-state index contributed by atoms with van der Waals surface area (Å²) < 4.78 is 5.19. The largest absolute Gasteiger partial charge is 0.306 e. The second-order valence-corrected chi connectivity index (χ2v) is 17.6. The van der Waals surface area contributed by atoms with Crippen molar-refractivity contribution in [3.63, 3.8) is 0 Å². The van der Waals surface area contributed by atoms with E-state index >= 15 is 0 Å². The minimum Gasteiger partial charge on any atom is -0.140 e. The third-order valence-electron chi connectivity index (χ3n) is 9.90. The zero-order valence-corrected chi connectivity index (χ0v) is 30.3. The first-order valence-corrected chi connectivity index (χ1v) is 18.6. The molecule has 1 spiro atoms. The van der Waals surface area contributed by atoms with Crippen LogP contribution in [0.15, 0.2) is 97.1 Å². The van der Waals surface area contributed by atoms with Gasteiger partial charge in [-0.2, -0.15) is 0 Å². The molecule has 6 rings (SSSR count). The summed E-state index contributed by atoms with van der Waals surface area (Å²) in [6.07, 6.45) is 0. The van der Waals surface area contributed by atoms with Gasteiger partial charge in [-0.05, 0) is 82.6 Å². The molecule has 0 aliphatic carbocycles. The van der Waals surface area contributed by atoms with E-state index in [0.29, 0.717) is 20.1 Å². The number of hydrogen-bond acceptors (Lipinski definition) is 4. The molecule has 4 aromatic carbocycles. The third-order valence-corrected chi connectivity index (χ3v) is 14.6. The number of nitrogens with zero attached hydrogens (tertiary/aromatic N) is 2. The Morgan fingerprint density at radius 3 is 0.911 bits per heavy atom. The topological polar surface area (TPSA) is 30.5 Å². The van der Waals surface area contributed by atoms with E-state index in [0.717, 1.165) is 0 Å². The van der Waals surface area contributed by atoms with Gasteiger partial charge in [-0.25, -0.2) is 0 Å². The van der Waals surface area contributed by atoms with Gasteiger partial charge in [0, 0.05) is 34.2 Å². The van der Waals surface area contributed by atoms with Crippen LogP contribution in [-0.2, 0) is 11.1 Å². The Hall–Kier alpha value is -1.69. The van der Waals surface area contributed by atoms with Gasteiger partial charge in [-0.15, -0.1) is 19.5 Å². The Morgan fingerprint density at radius 1 is 0.489 bits per heavy atom. The first-order valence-electron chi connectivity index (χ1n) is 15.4. The van der Waals surface area contributed by atoms with Crippen LogP contribution in [0.5, 0.6) is 0 Å². The van der Waals surface area contributed by atoms with Gasteiger partial charge in [0.2, 0.25) is 0 Å². The summed E-state index contributed by atoms with van der Waals surface area (Å²) in [5.41, 5.74) is 3.60. The van der Waals surface area contributed by atoms with Gasteiger partial charge in [-0.3, -0.25) is 0 Å². The molecule has 2 heterocycles. The van der Waals surface area contributed by atoms with Gasteiger partial charge in [0.15, 0.2) is 0 Å². The van der Waals surface area contributed by atoms with Crippen molar-refractivity contribution in [3.8, 4) is 0 Å². The number of halogens is 4. The van der Waals surface area contributed by atoms with Crippen molar-refractivity contribution in [1.82, 2.24) is 19.5 Å². The van der Waals surface area contributed by atoms with Crippen LogP contribution in [0, 0.1) is 11.8 Å². The minimum atomic E-state index is -2.52.